The molecular weight excluding hydrogens is 236 g/mol. The van der Waals surface area contributed by atoms with Crippen LogP contribution in [0.3, 0.4) is 0 Å². The van der Waals surface area contributed by atoms with E-state index < -0.39 is 0 Å². The highest BCUT2D eigenvalue weighted by molar-refractivity contribution is 6.31. The van der Waals surface area contributed by atoms with E-state index in [0.29, 0.717) is 16.5 Å². The molecule has 0 aromatic heterocycles. The van der Waals surface area contributed by atoms with Crippen LogP contribution in [-0.2, 0) is 0 Å². The van der Waals surface area contributed by atoms with Crippen LogP contribution >= 0.6 is 11.6 Å². The number of hydrogen-bond donors (Lipinski definition) is 1. The molecule has 1 saturated carbocycles. The van der Waals surface area contributed by atoms with Crippen molar-refractivity contribution < 1.29 is 4.79 Å². The van der Waals surface area contributed by atoms with E-state index in [9.17, 15) is 4.79 Å². The highest BCUT2D eigenvalue weighted by atomic mass is 35.5. The number of benzene rings is 1. The van der Waals surface area contributed by atoms with Gasteiger partial charge in [0, 0.05) is 10.6 Å². The molecule has 0 aliphatic heterocycles. The summed E-state index contributed by atoms with van der Waals surface area (Å²) in [5, 5.41) is 12.2. The summed E-state index contributed by atoms with van der Waals surface area (Å²) < 4.78 is 0. The molecule has 0 bridgehead atoms. The van der Waals surface area contributed by atoms with Gasteiger partial charge in [-0.2, -0.15) is 5.26 Å². The highest BCUT2D eigenvalue weighted by Gasteiger charge is 2.32. The van der Waals surface area contributed by atoms with Gasteiger partial charge in [-0.15, -0.1) is 0 Å². The van der Waals surface area contributed by atoms with Crippen LogP contribution < -0.4 is 5.32 Å². The summed E-state index contributed by atoms with van der Waals surface area (Å²) in [5.41, 5.74) is 1.44. The third-order valence-electron chi connectivity index (χ3n) is 2.82. The first-order valence-corrected chi connectivity index (χ1v) is 5.95. The van der Waals surface area contributed by atoms with E-state index in [0.717, 1.165) is 18.4 Å². The quantitative estimate of drug-likeness (QED) is 0.894. The Kier molecular flexibility index (Phi) is 3.35. The monoisotopic (exact) mass is 248 g/mol. The molecule has 0 radical (unpaired) electrons. The van der Waals surface area contributed by atoms with Crippen LogP contribution in [-0.4, -0.2) is 11.9 Å². The predicted molar refractivity (Wildman–Crippen MR) is 65.8 cm³/mol. The van der Waals surface area contributed by atoms with Crippen LogP contribution in [0.25, 0.3) is 0 Å². The molecular formula is C13H13ClN2O. The molecule has 1 aromatic carbocycles. The van der Waals surface area contributed by atoms with Gasteiger partial charge in [0.2, 0.25) is 0 Å². The van der Waals surface area contributed by atoms with Crippen LogP contribution in [0.1, 0.15) is 28.8 Å². The average Bonchev–Trinajstić information content (AvgIpc) is 3.08. The summed E-state index contributed by atoms with van der Waals surface area (Å²) in [4.78, 5) is 11.9. The number of aryl methyl sites for hydroxylation is 1. The topological polar surface area (TPSA) is 52.9 Å². The van der Waals surface area contributed by atoms with Crippen molar-refractivity contribution in [3.05, 3.63) is 34.3 Å². The second-order valence-corrected chi connectivity index (χ2v) is 4.87. The van der Waals surface area contributed by atoms with E-state index in [4.69, 9.17) is 16.9 Å². The first kappa shape index (κ1) is 11.9. The van der Waals surface area contributed by atoms with Gasteiger partial charge in [-0.05, 0) is 49.4 Å². The van der Waals surface area contributed by atoms with Crippen LogP contribution in [0.15, 0.2) is 18.2 Å². The van der Waals surface area contributed by atoms with E-state index >= 15 is 0 Å². The summed E-state index contributed by atoms with van der Waals surface area (Å²) in [5.74, 6) is 0.0956. The Hall–Kier alpha value is -1.53. The molecule has 1 unspecified atom stereocenters. The smallest absolute Gasteiger partial charge is 0.252 e. The summed E-state index contributed by atoms with van der Waals surface area (Å²) >= 11 is 5.89. The number of amides is 1. The molecule has 1 amide bonds. The van der Waals surface area contributed by atoms with Crippen LogP contribution in [0.2, 0.25) is 5.02 Å². The lowest BCUT2D eigenvalue weighted by atomic mass is 10.1. The Morgan fingerprint density at radius 2 is 2.24 bits per heavy atom. The lowest BCUT2D eigenvalue weighted by Gasteiger charge is -2.11. The second kappa shape index (κ2) is 4.77. The zero-order chi connectivity index (χ0) is 12.4. The van der Waals surface area contributed by atoms with Crippen LogP contribution in [0.5, 0.6) is 0 Å². The average molecular weight is 249 g/mol. The molecule has 3 nitrogen and oxygen atoms in total. The Morgan fingerprint density at radius 1 is 1.53 bits per heavy atom. The lowest BCUT2D eigenvalue weighted by Crippen LogP contribution is -2.35. The molecule has 1 N–H and O–H groups in total. The molecule has 1 aromatic rings. The van der Waals surface area contributed by atoms with Gasteiger partial charge < -0.3 is 5.32 Å². The number of hydrogen-bond acceptors (Lipinski definition) is 2. The minimum absolute atomic E-state index is 0.228. The number of nitrogens with one attached hydrogen (secondary N) is 1. The van der Waals surface area contributed by atoms with Crippen molar-refractivity contribution in [2.75, 3.05) is 0 Å². The normalized spacial score (nSPS) is 16.1. The van der Waals surface area contributed by atoms with Crippen molar-refractivity contribution >= 4 is 17.5 Å². The molecule has 1 aliphatic carbocycles. The first-order chi connectivity index (χ1) is 8.10. The zero-order valence-corrected chi connectivity index (χ0v) is 10.3. The summed E-state index contributed by atoms with van der Waals surface area (Å²) in [6.45, 7) is 1.88. The van der Waals surface area contributed by atoms with E-state index in [1.54, 1.807) is 18.2 Å². The third-order valence-corrected chi connectivity index (χ3v) is 3.04. The fourth-order valence-corrected chi connectivity index (χ4v) is 2.07. The van der Waals surface area contributed by atoms with Crippen LogP contribution in [0, 0.1) is 24.2 Å². The summed E-state index contributed by atoms with van der Waals surface area (Å²) in [6, 6.07) is 6.93. The maximum Gasteiger partial charge on any atom is 0.252 e. The summed E-state index contributed by atoms with van der Waals surface area (Å²) in [7, 11) is 0. The summed E-state index contributed by atoms with van der Waals surface area (Å²) in [6.07, 6.45) is 2.04. The standard InChI is InChI=1S/C13H13ClN2O/c1-8-4-10(6-11(14)5-8)13(17)16-12(7-15)9-2-3-9/h4-6,9,12H,2-3H2,1H3,(H,16,17). The third kappa shape index (κ3) is 2.98. The van der Waals surface area contributed by atoms with E-state index in [1.165, 1.54) is 0 Å². The van der Waals surface area contributed by atoms with Gasteiger partial charge in [0.1, 0.15) is 6.04 Å². The maximum atomic E-state index is 11.9. The van der Waals surface area contributed by atoms with Crippen molar-refractivity contribution in [2.45, 2.75) is 25.8 Å². The van der Waals surface area contributed by atoms with Crippen molar-refractivity contribution in [1.82, 2.24) is 5.32 Å². The lowest BCUT2D eigenvalue weighted by molar-refractivity contribution is 0.0942. The minimum atomic E-state index is -0.373. The number of nitrogens with zero attached hydrogens (tertiary/aromatic N) is 1. The maximum absolute atomic E-state index is 11.9. The van der Waals surface area contributed by atoms with E-state index in [2.05, 4.69) is 11.4 Å². The second-order valence-electron chi connectivity index (χ2n) is 4.43. The van der Waals surface area contributed by atoms with Crippen molar-refractivity contribution in [3.63, 3.8) is 0 Å². The SMILES string of the molecule is Cc1cc(Cl)cc(C(=O)NC(C#N)C2CC2)c1. The van der Waals surface area contributed by atoms with Crippen molar-refractivity contribution in [3.8, 4) is 6.07 Å². The number of rotatable bonds is 3. The molecule has 0 spiro atoms. The highest BCUT2D eigenvalue weighted by Crippen LogP contribution is 2.32. The fraction of sp³-hybridized carbons (Fsp3) is 0.385. The molecule has 1 fully saturated rings. The van der Waals surface area contributed by atoms with E-state index in [1.807, 2.05) is 6.92 Å². The van der Waals surface area contributed by atoms with Gasteiger partial charge in [0.05, 0.1) is 6.07 Å². The molecule has 17 heavy (non-hydrogen) atoms. The molecule has 4 heteroatoms. The molecule has 1 aliphatic rings. The van der Waals surface area contributed by atoms with Gasteiger partial charge in [-0.3, -0.25) is 4.79 Å². The van der Waals surface area contributed by atoms with Crippen molar-refractivity contribution in [2.24, 2.45) is 5.92 Å². The fourth-order valence-electron chi connectivity index (χ4n) is 1.78. The Bertz CT molecular complexity index is 468. The van der Waals surface area contributed by atoms with Gasteiger partial charge in [0.15, 0.2) is 0 Å². The zero-order valence-electron chi connectivity index (χ0n) is 9.53. The molecule has 0 saturated heterocycles. The van der Waals surface area contributed by atoms with E-state index in [-0.39, 0.29) is 11.9 Å². The van der Waals surface area contributed by atoms with Crippen LogP contribution in [0.4, 0.5) is 0 Å². The molecule has 0 heterocycles. The first-order valence-electron chi connectivity index (χ1n) is 5.58. The minimum Gasteiger partial charge on any atom is -0.336 e. The van der Waals surface area contributed by atoms with Crippen molar-refractivity contribution in [1.29, 1.82) is 5.26 Å². The number of nitriles is 1. The Labute approximate surface area is 105 Å². The number of halogens is 1. The number of carbonyl (C=O) groups excluding carboxylic acids is 1. The largest absolute Gasteiger partial charge is 0.336 e. The van der Waals surface area contributed by atoms with Gasteiger partial charge >= 0.3 is 0 Å². The molecule has 2 rings (SSSR count). The Balaban J connectivity index is 2.11. The van der Waals surface area contributed by atoms with Gasteiger partial charge in [-0.25, -0.2) is 0 Å². The Morgan fingerprint density at radius 3 is 2.76 bits per heavy atom. The predicted octanol–water partition coefficient (Wildman–Crippen LogP) is 2.68. The van der Waals surface area contributed by atoms with Gasteiger partial charge in [0.25, 0.3) is 5.91 Å². The van der Waals surface area contributed by atoms with Gasteiger partial charge in [-0.1, -0.05) is 11.6 Å². The number of carbonyl (C=O) groups is 1. The molecule has 1 atom stereocenters. The molecule has 88 valence electrons.